The molecule has 2 N–H and O–H groups in total. The van der Waals surface area contributed by atoms with Crippen molar-refractivity contribution in [2.45, 2.75) is 37.9 Å². The number of alkyl halides is 3. The minimum Gasteiger partial charge on any atom is -0.316 e. The average Bonchev–Trinajstić information content (AvgIpc) is 2.15. The Hall–Kier alpha value is -0.470. The highest BCUT2D eigenvalue weighted by molar-refractivity contribution is 5.85. The Morgan fingerprint density at radius 1 is 1.20 bits per heavy atom. The number of rotatable bonds is 1. The maximum Gasteiger partial charge on any atom is 0.391 e. The van der Waals surface area contributed by atoms with Crippen molar-refractivity contribution in [3.63, 3.8) is 0 Å². The van der Waals surface area contributed by atoms with Gasteiger partial charge >= 0.3 is 6.18 Å². The maximum atomic E-state index is 12.3. The predicted octanol–water partition coefficient (Wildman–Crippen LogP) is 2.63. The van der Waals surface area contributed by atoms with E-state index in [4.69, 9.17) is 11.0 Å². The fraction of sp³-hybridized carbons (Fsp3) is 0.889. The second kappa shape index (κ2) is 5.57. The van der Waals surface area contributed by atoms with Gasteiger partial charge in [-0.25, -0.2) is 0 Å². The first kappa shape index (κ1) is 14.5. The molecule has 15 heavy (non-hydrogen) atoms. The summed E-state index contributed by atoms with van der Waals surface area (Å²) in [5, 5.41) is 8.52. The Morgan fingerprint density at radius 3 is 2.00 bits per heavy atom. The molecule has 0 heterocycles. The van der Waals surface area contributed by atoms with Crippen molar-refractivity contribution < 1.29 is 13.2 Å². The van der Waals surface area contributed by atoms with Crippen LogP contribution in [0.2, 0.25) is 0 Å². The molecule has 0 aromatic heterocycles. The first-order valence-electron chi connectivity index (χ1n) is 4.67. The van der Waals surface area contributed by atoms with E-state index in [0.717, 1.165) is 0 Å². The second-order valence-electron chi connectivity index (χ2n) is 3.81. The van der Waals surface area contributed by atoms with Crippen molar-refractivity contribution in [2.24, 2.45) is 17.6 Å². The molecule has 2 nitrogen and oxygen atoms in total. The molecule has 1 saturated carbocycles. The summed E-state index contributed by atoms with van der Waals surface area (Å²) in [6, 6.07) is 1.28. The van der Waals surface area contributed by atoms with Crippen LogP contribution in [0.25, 0.3) is 0 Å². The first-order valence-corrected chi connectivity index (χ1v) is 4.67. The smallest absolute Gasteiger partial charge is 0.316 e. The molecular weight excluding hydrogens is 229 g/mol. The normalized spacial score (nSPS) is 28.7. The van der Waals surface area contributed by atoms with E-state index in [1.54, 1.807) is 0 Å². The zero-order chi connectivity index (χ0) is 10.8. The van der Waals surface area contributed by atoms with Crippen LogP contribution >= 0.6 is 12.4 Å². The van der Waals surface area contributed by atoms with Gasteiger partial charge in [0.2, 0.25) is 0 Å². The van der Waals surface area contributed by atoms with Gasteiger partial charge in [-0.15, -0.1) is 12.4 Å². The molecule has 0 unspecified atom stereocenters. The van der Waals surface area contributed by atoms with E-state index >= 15 is 0 Å². The van der Waals surface area contributed by atoms with Crippen LogP contribution in [0.3, 0.4) is 0 Å². The Kier molecular flexibility index (Phi) is 5.39. The van der Waals surface area contributed by atoms with E-state index in [1.165, 1.54) is 0 Å². The number of hydrogen-bond acceptors (Lipinski definition) is 2. The molecule has 0 bridgehead atoms. The lowest BCUT2D eigenvalue weighted by molar-refractivity contribution is -0.184. The highest BCUT2D eigenvalue weighted by Gasteiger charge is 2.42. The van der Waals surface area contributed by atoms with Crippen LogP contribution in [-0.2, 0) is 0 Å². The van der Waals surface area contributed by atoms with E-state index in [1.807, 2.05) is 6.07 Å². The van der Waals surface area contributed by atoms with Gasteiger partial charge < -0.3 is 5.73 Å². The predicted molar refractivity (Wildman–Crippen MR) is 52.3 cm³/mol. The fourth-order valence-electron chi connectivity index (χ4n) is 1.91. The molecule has 1 atom stereocenters. The number of halogens is 4. The summed E-state index contributed by atoms with van der Waals surface area (Å²) in [5.74, 6) is -1.25. The minimum absolute atomic E-state index is 0. The monoisotopic (exact) mass is 242 g/mol. The summed E-state index contributed by atoms with van der Waals surface area (Å²) >= 11 is 0. The fourth-order valence-corrected chi connectivity index (χ4v) is 1.91. The van der Waals surface area contributed by atoms with Crippen molar-refractivity contribution in [2.75, 3.05) is 0 Å². The number of nitriles is 1. The molecule has 0 amide bonds. The highest BCUT2D eigenvalue weighted by Crippen LogP contribution is 2.39. The quantitative estimate of drug-likeness (QED) is 0.769. The first-order chi connectivity index (χ1) is 6.45. The number of nitrogens with two attached hydrogens (primary N) is 1. The molecule has 0 aliphatic heterocycles. The van der Waals surface area contributed by atoms with Crippen molar-refractivity contribution in [3.8, 4) is 6.07 Å². The third-order valence-corrected chi connectivity index (χ3v) is 2.89. The van der Waals surface area contributed by atoms with Gasteiger partial charge in [-0.1, -0.05) is 0 Å². The Labute approximate surface area is 93.0 Å². The van der Waals surface area contributed by atoms with E-state index in [9.17, 15) is 13.2 Å². The van der Waals surface area contributed by atoms with Crippen molar-refractivity contribution in [1.82, 2.24) is 0 Å². The van der Waals surface area contributed by atoms with E-state index in [0.29, 0.717) is 12.8 Å². The molecule has 1 rings (SSSR count). The van der Waals surface area contributed by atoms with Crippen LogP contribution in [0.15, 0.2) is 0 Å². The molecule has 0 spiro atoms. The molecule has 0 aromatic carbocycles. The Morgan fingerprint density at radius 2 is 1.67 bits per heavy atom. The third kappa shape index (κ3) is 3.88. The SMILES string of the molecule is Cl.N#C[C@@H](N)C1CCC(C(F)(F)F)CC1. The lowest BCUT2D eigenvalue weighted by Gasteiger charge is -2.30. The third-order valence-electron chi connectivity index (χ3n) is 2.89. The summed E-state index contributed by atoms with van der Waals surface area (Å²) in [7, 11) is 0. The standard InChI is InChI=1S/C9H13F3N2.ClH/c10-9(11,12)7-3-1-6(2-4-7)8(14)5-13;/h6-8H,1-4,14H2;1H/t6?,7?,8-;/m1./s1. The second-order valence-corrected chi connectivity index (χ2v) is 3.81. The highest BCUT2D eigenvalue weighted by atomic mass is 35.5. The molecular formula is C9H14ClF3N2. The Bertz CT molecular complexity index is 228. The number of nitrogens with zero attached hydrogens (tertiary/aromatic N) is 1. The van der Waals surface area contributed by atoms with Crippen molar-refractivity contribution in [1.29, 1.82) is 5.26 Å². The van der Waals surface area contributed by atoms with Crippen LogP contribution in [0, 0.1) is 23.2 Å². The summed E-state index contributed by atoms with van der Waals surface area (Å²) in [4.78, 5) is 0. The van der Waals surface area contributed by atoms with Gasteiger partial charge in [-0.3, -0.25) is 0 Å². The zero-order valence-corrected chi connectivity index (χ0v) is 8.94. The van der Waals surface area contributed by atoms with Crippen LogP contribution in [0.4, 0.5) is 13.2 Å². The van der Waals surface area contributed by atoms with Crippen LogP contribution in [-0.4, -0.2) is 12.2 Å². The van der Waals surface area contributed by atoms with E-state index < -0.39 is 18.1 Å². The molecule has 0 aromatic rings. The van der Waals surface area contributed by atoms with Crippen molar-refractivity contribution >= 4 is 12.4 Å². The molecule has 1 fully saturated rings. The average molecular weight is 243 g/mol. The number of hydrogen-bond donors (Lipinski definition) is 1. The Balaban J connectivity index is 0.00000196. The van der Waals surface area contributed by atoms with Gasteiger partial charge in [0.15, 0.2) is 0 Å². The van der Waals surface area contributed by atoms with Crippen LogP contribution in [0.1, 0.15) is 25.7 Å². The maximum absolute atomic E-state index is 12.3. The van der Waals surface area contributed by atoms with Gasteiger partial charge in [-0.2, -0.15) is 18.4 Å². The van der Waals surface area contributed by atoms with E-state index in [2.05, 4.69) is 0 Å². The van der Waals surface area contributed by atoms with Crippen molar-refractivity contribution in [3.05, 3.63) is 0 Å². The lowest BCUT2D eigenvalue weighted by Crippen LogP contribution is -2.35. The topological polar surface area (TPSA) is 49.8 Å². The summed E-state index contributed by atoms with van der Waals surface area (Å²) in [5.41, 5.74) is 5.46. The molecule has 0 saturated heterocycles. The van der Waals surface area contributed by atoms with E-state index in [-0.39, 0.29) is 31.2 Å². The van der Waals surface area contributed by atoms with Gasteiger partial charge in [-0.05, 0) is 31.6 Å². The van der Waals surface area contributed by atoms with Crippen LogP contribution in [0.5, 0.6) is 0 Å². The molecule has 1 aliphatic rings. The lowest BCUT2D eigenvalue weighted by atomic mass is 9.79. The molecule has 0 radical (unpaired) electrons. The molecule has 6 heteroatoms. The van der Waals surface area contributed by atoms with Gasteiger partial charge in [0.1, 0.15) is 0 Å². The summed E-state index contributed by atoms with van der Waals surface area (Å²) < 4.78 is 36.8. The van der Waals surface area contributed by atoms with Gasteiger partial charge in [0.05, 0.1) is 18.0 Å². The van der Waals surface area contributed by atoms with Gasteiger partial charge in [0.25, 0.3) is 0 Å². The minimum atomic E-state index is -4.08. The summed E-state index contributed by atoms with van der Waals surface area (Å²) in [6.45, 7) is 0. The summed E-state index contributed by atoms with van der Waals surface area (Å²) in [6.07, 6.45) is -3.02. The van der Waals surface area contributed by atoms with Crippen LogP contribution < -0.4 is 5.73 Å². The zero-order valence-electron chi connectivity index (χ0n) is 8.13. The van der Waals surface area contributed by atoms with Gasteiger partial charge in [0, 0.05) is 0 Å². The molecule has 1 aliphatic carbocycles. The largest absolute Gasteiger partial charge is 0.391 e. The molecule has 88 valence electrons.